The monoisotopic (exact) mass is 408 g/mol. The predicted molar refractivity (Wildman–Crippen MR) is 97.8 cm³/mol. The topological polar surface area (TPSA) is 112 Å². The Kier molecular flexibility index (Phi) is 4.36. The lowest BCUT2D eigenvalue weighted by atomic mass is 10.2. The lowest BCUT2D eigenvalue weighted by Gasteiger charge is -2.09. The minimum atomic E-state index is -4.08. The quantitative estimate of drug-likeness (QED) is 0.676. The third kappa shape index (κ3) is 3.17. The molecule has 0 amide bonds. The Hall–Kier alpha value is -2.50. The molecule has 0 saturated heterocycles. The van der Waals surface area contributed by atoms with Crippen molar-refractivity contribution in [2.24, 2.45) is 0 Å². The van der Waals surface area contributed by atoms with Crippen molar-refractivity contribution in [2.75, 3.05) is 6.79 Å². The first-order valence-corrected chi connectivity index (χ1v) is 10.5. The predicted octanol–water partition coefficient (Wildman–Crippen LogP) is 1.23. The fourth-order valence-corrected chi connectivity index (χ4v) is 4.85. The van der Waals surface area contributed by atoms with Crippen LogP contribution in [0.1, 0.15) is 23.2 Å². The van der Waals surface area contributed by atoms with Gasteiger partial charge >= 0.3 is 0 Å². The first-order valence-electron chi connectivity index (χ1n) is 8.16. The largest absolute Gasteiger partial charge is 0.454 e. The van der Waals surface area contributed by atoms with E-state index in [1.165, 1.54) is 18.3 Å². The molecule has 2 aromatic heterocycles. The van der Waals surface area contributed by atoms with E-state index in [-0.39, 0.29) is 19.0 Å². The average Bonchev–Trinajstić information content (AvgIpc) is 3.25. The van der Waals surface area contributed by atoms with Gasteiger partial charge in [0, 0.05) is 6.54 Å². The maximum atomic E-state index is 12.8. The van der Waals surface area contributed by atoms with Gasteiger partial charge < -0.3 is 9.47 Å². The molecular formula is C16H16N4O5S2. The minimum absolute atomic E-state index is 0.00215. The number of hydrogen-bond acceptors (Lipinski definition) is 8. The van der Waals surface area contributed by atoms with Gasteiger partial charge in [0.2, 0.25) is 21.8 Å². The van der Waals surface area contributed by atoms with Gasteiger partial charge in [-0.3, -0.25) is 4.79 Å². The smallest absolute Gasteiger partial charge is 0.295 e. The number of sulfonamides is 1. The van der Waals surface area contributed by atoms with Crippen LogP contribution in [0, 0.1) is 6.92 Å². The zero-order chi connectivity index (χ0) is 19.2. The van der Waals surface area contributed by atoms with Gasteiger partial charge in [-0.1, -0.05) is 24.3 Å². The summed E-state index contributed by atoms with van der Waals surface area (Å²) in [6, 6.07) is 5.13. The summed E-state index contributed by atoms with van der Waals surface area (Å²) in [7, 11) is -4.08. The molecule has 0 aliphatic carbocycles. The van der Waals surface area contributed by atoms with E-state index in [4.69, 9.17) is 9.47 Å². The average molecular weight is 408 g/mol. The summed E-state index contributed by atoms with van der Waals surface area (Å²) >= 11 is 1.27. The molecule has 9 nitrogen and oxygen atoms in total. The van der Waals surface area contributed by atoms with Crippen LogP contribution in [0.2, 0.25) is 0 Å². The maximum absolute atomic E-state index is 12.8. The second-order valence-electron chi connectivity index (χ2n) is 5.89. The Labute approximate surface area is 158 Å². The summed E-state index contributed by atoms with van der Waals surface area (Å²) in [6.07, 6.45) is 0.636. The zero-order valence-corrected chi connectivity index (χ0v) is 16.2. The lowest BCUT2D eigenvalue weighted by Crippen LogP contribution is -2.32. The molecule has 0 saturated carbocycles. The molecule has 11 heteroatoms. The molecule has 1 aliphatic heterocycles. The molecule has 142 valence electrons. The van der Waals surface area contributed by atoms with Gasteiger partial charge in [-0.15, -0.1) is 0 Å². The van der Waals surface area contributed by atoms with Crippen molar-refractivity contribution >= 4 is 26.3 Å². The molecule has 1 aliphatic rings. The van der Waals surface area contributed by atoms with Crippen LogP contribution in [0.25, 0.3) is 4.96 Å². The molecule has 3 heterocycles. The third-order valence-corrected chi connectivity index (χ3v) is 6.64. The number of nitrogens with zero attached hydrogens (tertiary/aromatic N) is 3. The van der Waals surface area contributed by atoms with E-state index < -0.39 is 20.5 Å². The third-order valence-electron chi connectivity index (χ3n) is 4.05. The number of rotatable bonds is 5. The van der Waals surface area contributed by atoms with Crippen LogP contribution < -0.4 is 19.8 Å². The Bertz CT molecular complexity index is 1200. The number of ether oxygens (including phenoxy) is 2. The molecule has 4 rings (SSSR count). The standard InChI is InChI=1S/C16H16N4O5S2/c1-3-13-19-20-15(21)14(9(2)18-16(20)26-13)27(22,23)17-7-10-4-5-11-12(6-10)25-8-24-11/h4-6,17H,3,7-8H2,1-2H3. The second kappa shape index (κ2) is 6.59. The molecule has 1 N–H and O–H groups in total. The van der Waals surface area contributed by atoms with E-state index in [2.05, 4.69) is 14.8 Å². The molecular weight excluding hydrogens is 392 g/mol. The van der Waals surface area contributed by atoms with Gasteiger partial charge in [-0.2, -0.15) is 9.61 Å². The van der Waals surface area contributed by atoms with Crippen molar-refractivity contribution in [2.45, 2.75) is 31.7 Å². The fraction of sp³-hybridized carbons (Fsp3) is 0.312. The van der Waals surface area contributed by atoms with E-state index >= 15 is 0 Å². The molecule has 0 spiro atoms. The van der Waals surface area contributed by atoms with Crippen LogP contribution in [0.3, 0.4) is 0 Å². The summed E-state index contributed by atoms with van der Waals surface area (Å²) in [6.45, 7) is 3.54. The van der Waals surface area contributed by atoms with E-state index in [1.807, 2.05) is 6.92 Å². The Morgan fingerprint density at radius 1 is 1.30 bits per heavy atom. The van der Waals surface area contributed by atoms with Gasteiger partial charge in [0.05, 0.1) is 5.69 Å². The van der Waals surface area contributed by atoms with Crippen LogP contribution in [0.5, 0.6) is 11.5 Å². The fourth-order valence-electron chi connectivity index (χ4n) is 2.72. The Morgan fingerprint density at radius 3 is 2.85 bits per heavy atom. The molecule has 3 aromatic rings. The highest BCUT2D eigenvalue weighted by molar-refractivity contribution is 7.89. The number of aromatic nitrogens is 3. The highest BCUT2D eigenvalue weighted by Gasteiger charge is 2.25. The van der Waals surface area contributed by atoms with Gasteiger partial charge in [0.1, 0.15) is 5.01 Å². The number of aryl methyl sites for hydroxylation is 2. The number of benzene rings is 1. The van der Waals surface area contributed by atoms with Crippen molar-refractivity contribution in [3.8, 4) is 11.5 Å². The molecule has 0 atom stereocenters. The SMILES string of the molecule is CCc1nn2c(=O)c(S(=O)(=O)NCc3ccc4c(c3)OCO4)c(C)nc2s1. The molecule has 0 unspecified atom stereocenters. The maximum Gasteiger partial charge on any atom is 0.295 e. The van der Waals surface area contributed by atoms with Crippen LogP contribution >= 0.6 is 11.3 Å². The summed E-state index contributed by atoms with van der Waals surface area (Å²) in [5.41, 5.74) is 0.118. The Balaban J connectivity index is 1.66. The van der Waals surface area contributed by atoms with Crippen LogP contribution in [0.4, 0.5) is 0 Å². The van der Waals surface area contributed by atoms with Gasteiger partial charge in [0.25, 0.3) is 5.56 Å². The van der Waals surface area contributed by atoms with Gasteiger partial charge in [-0.05, 0) is 31.0 Å². The van der Waals surface area contributed by atoms with Crippen molar-refractivity contribution in [3.05, 3.63) is 44.8 Å². The first kappa shape index (κ1) is 17.9. The van der Waals surface area contributed by atoms with Crippen LogP contribution in [0.15, 0.2) is 27.9 Å². The Morgan fingerprint density at radius 2 is 2.07 bits per heavy atom. The van der Waals surface area contributed by atoms with Crippen LogP contribution in [-0.2, 0) is 23.0 Å². The molecule has 0 radical (unpaired) electrons. The number of hydrogen-bond donors (Lipinski definition) is 1. The molecule has 1 aromatic carbocycles. The van der Waals surface area contributed by atoms with Crippen molar-refractivity contribution < 1.29 is 17.9 Å². The van der Waals surface area contributed by atoms with Crippen molar-refractivity contribution in [1.82, 2.24) is 19.3 Å². The summed E-state index contributed by atoms with van der Waals surface area (Å²) in [5.74, 6) is 1.17. The second-order valence-corrected chi connectivity index (χ2v) is 8.63. The van der Waals surface area contributed by atoms with E-state index in [9.17, 15) is 13.2 Å². The van der Waals surface area contributed by atoms with E-state index in [0.29, 0.717) is 33.5 Å². The normalized spacial score (nSPS) is 13.4. The van der Waals surface area contributed by atoms with E-state index in [1.54, 1.807) is 18.2 Å². The molecule has 0 bridgehead atoms. The van der Waals surface area contributed by atoms with Gasteiger partial charge in [0.15, 0.2) is 16.4 Å². The van der Waals surface area contributed by atoms with Gasteiger partial charge in [-0.25, -0.2) is 18.1 Å². The van der Waals surface area contributed by atoms with Crippen molar-refractivity contribution in [3.63, 3.8) is 0 Å². The minimum Gasteiger partial charge on any atom is -0.454 e. The van der Waals surface area contributed by atoms with Crippen LogP contribution in [-0.4, -0.2) is 29.8 Å². The lowest BCUT2D eigenvalue weighted by molar-refractivity contribution is 0.174. The highest BCUT2D eigenvalue weighted by atomic mass is 32.2. The number of fused-ring (bicyclic) bond motifs is 2. The molecule has 27 heavy (non-hydrogen) atoms. The zero-order valence-electron chi connectivity index (χ0n) is 14.6. The molecule has 0 fully saturated rings. The summed E-state index contributed by atoms with van der Waals surface area (Å²) in [4.78, 5) is 16.9. The first-order chi connectivity index (χ1) is 12.9. The number of nitrogens with one attached hydrogen (secondary N) is 1. The highest BCUT2D eigenvalue weighted by Crippen LogP contribution is 2.32. The van der Waals surface area contributed by atoms with E-state index in [0.717, 1.165) is 4.52 Å². The van der Waals surface area contributed by atoms with Crippen molar-refractivity contribution in [1.29, 1.82) is 0 Å². The summed E-state index contributed by atoms with van der Waals surface area (Å²) in [5, 5.41) is 4.85. The summed E-state index contributed by atoms with van der Waals surface area (Å²) < 4.78 is 39.5.